The van der Waals surface area contributed by atoms with Crippen molar-refractivity contribution in [2.24, 2.45) is 0 Å². The molecule has 0 radical (unpaired) electrons. The Morgan fingerprint density at radius 1 is 1.13 bits per heavy atom. The number of carbonyl (C=O) groups excluding carboxylic acids is 1. The number of fused-ring (bicyclic) bond motifs is 2. The number of thioether (sulfide) groups is 1. The zero-order valence-corrected chi connectivity index (χ0v) is 18.7. The van der Waals surface area contributed by atoms with Crippen LogP contribution in [0.25, 0.3) is 20.8 Å². The van der Waals surface area contributed by atoms with Gasteiger partial charge in [-0.05, 0) is 55.8 Å². The molecule has 5 rings (SSSR count). The number of hydrogen-bond donors (Lipinski definition) is 1. The van der Waals surface area contributed by atoms with Gasteiger partial charge in [-0.15, -0.1) is 11.3 Å². The van der Waals surface area contributed by atoms with Crippen molar-refractivity contribution < 1.29 is 4.79 Å². The van der Waals surface area contributed by atoms with Crippen LogP contribution in [0.15, 0.2) is 58.5 Å². The third-order valence-electron chi connectivity index (χ3n) is 5.20. The van der Waals surface area contributed by atoms with Crippen LogP contribution >= 0.6 is 23.1 Å². The zero-order chi connectivity index (χ0) is 21.5. The number of amides is 1. The van der Waals surface area contributed by atoms with E-state index in [9.17, 15) is 9.59 Å². The minimum absolute atomic E-state index is 0.0966. The number of anilines is 1. The Labute approximate surface area is 187 Å². The lowest BCUT2D eigenvalue weighted by molar-refractivity contribution is -0.116. The van der Waals surface area contributed by atoms with Crippen molar-refractivity contribution in [3.8, 4) is 10.6 Å². The molecule has 1 amide bonds. The molecule has 0 unspecified atom stereocenters. The highest BCUT2D eigenvalue weighted by atomic mass is 32.2. The van der Waals surface area contributed by atoms with Gasteiger partial charge in [0.1, 0.15) is 5.01 Å². The highest BCUT2D eigenvalue weighted by Gasteiger charge is 2.27. The van der Waals surface area contributed by atoms with E-state index in [0.717, 1.165) is 21.8 Å². The molecule has 0 fully saturated rings. The zero-order valence-electron chi connectivity index (χ0n) is 17.1. The van der Waals surface area contributed by atoms with Crippen molar-refractivity contribution in [3.63, 3.8) is 0 Å². The molecule has 0 saturated carbocycles. The molecule has 3 heterocycles. The number of carbonyl (C=O) groups is 1. The molecular formula is C23H20N4O2S2. The van der Waals surface area contributed by atoms with Crippen LogP contribution in [0, 0.1) is 13.8 Å². The monoisotopic (exact) mass is 448 g/mol. The molecule has 0 spiro atoms. The van der Waals surface area contributed by atoms with E-state index < -0.39 is 0 Å². The average molecular weight is 449 g/mol. The highest BCUT2D eigenvalue weighted by molar-refractivity contribution is 7.99. The van der Waals surface area contributed by atoms with E-state index in [1.54, 1.807) is 15.9 Å². The summed E-state index contributed by atoms with van der Waals surface area (Å²) in [6.07, 6.45) is 0.240. The van der Waals surface area contributed by atoms with E-state index in [0.29, 0.717) is 16.6 Å². The van der Waals surface area contributed by atoms with E-state index in [2.05, 4.69) is 29.4 Å². The van der Waals surface area contributed by atoms with Crippen molar-refractivity contribution in [3.05, 3.63) is 70.1 Å². The van der Waals surface area contributed by atoms with Crippen LogP contribution in [0.2, 0.25) is 0 Å². The minimum atomic E-state index is -0.175. The Kier molecular flexibility index (Phi) is 5.11. The van der Waals surface area contributed by atoms with Crippen LogP contribution in [-0.2, 0) is 4.79 Å². The molecule has 156 valence electrons. The third kappa shape index (κ3) is 4.00. The largest absolute Gasteiger partial charge is 0.326 e. The Morgan fingerprint density at radius 3 is 2.74 bits per heavy atom. The van der Waals surface area contributed by atoms with Crippen molar-refractivity contribution in [2.75, 3.05) is 11.1 Å². The Balaban J connectivity index is 1.28. The number of aromatic nitrogens is 3. The normalized spacial score (nSPS) is 15.2. The summed E-state index contributed by atoms with van der Waals surface area (Å²) in [6, 6.07) is 15.3. The van der Waals surface area contributed by atoms with Crippen LogP contribution in [0.3, 0.4) is 0 Å². The van der Waals surface area contributed by atoms with E-state index in [4.69, 9.17) is 4.98 Å². The number of aryl methyl sites for hydroxylation is 2. The summed E-state index contributed by atoms with van der Waals surface area (Å²) in [5.41, 5.74) is 4.57. The van der Waals surface area contributed by atoms with Crippen LogP contribution < -0.4 is 10.9 Å². The summed E-state index contributed by atoms with van der Waals surface area (Å²) < 4.78 is 2.80. The SMILES string of the molecule is Cc1ccc2nc(-c3ccc(NC(=O)C[C@H]4CSc5nc(C)cc(=O)n54)cc3)sc2c1. The molecule has 6 nitrogen and oxygen atoms in total. The van der Waals surface area contributed by atoms with E-state index in [1.165, 1.54) is 28.1 Å². The second-order valence-electron chi connectivity index (χ2n) is 7.67. The fourth-order valence-electron chi connectivity index (χ4n) is 3.69. The molecular weight excluding hydrogens is 428 g/mol. The Bertz CT molecular complexity index is 1360. The molecule has 0 bridgehead atoms. The summed E-state index contributed by atoms with van der Waals surface area (Å²) in [6.45, 7) is 3.88. The molecule has 0 saturated heterocycles. The first-order valence-electron chi connectivity index (χ1n) is 9.97. The maximum atomic E-state index is 12.6. The Hall–Kier alpha value is -2.97. The second-order valence-corrected chi connectivity index (χ2v) is 9.69. The van der Waals surface area contributed by atoms with Crippen LogP contribution in [0.1, 0.15) is 23.7 Å². The number of thiazole rings is 1. The molecule has 1 aliphatic rings. The fraction of sp³-hybridized carbons (Fsp3) is 0.217. The van der Waals surface area contributed by atoms with Crippen molar-refractivity contribution in [1.29, 1.82) is 0 Å². The molecule has 1 N–H and O–H groups in total. The van der Waals surface area contributed by atoms with Gasteiger partial charge in [-0.25, -0.2) is 9.97 Å². The summed E-state index contributed by atoms with van der Waals surface area (Å²) in [5.74, 6) is 0.559. The van der Waals surface area contributed by atoms with Gasteiger partial charge in [0.25, 0.3) is 5.56 Å². The Morgan fingerprint density at radius 2 is 1.94 bits per heavy atom. The molecule has 4 aromatic rings. The van der Waals surface area contributed by atoms with Gasteiger partial charge in [-0.1, -0.05) is 17.8 Å². The smallest absolute Gasteiger partial charge is 0.254 e. The predicted molar refractivity (Wildman–Crippen MR) is 126 cm³/mol. The van der Waals surface area contributed by atoms with Gasteiger partial charge in [-0.2, -0.15) is 0 Å². The van der Waals surface area contributed by atoms with Gasteiger partial charge in [0, 0.05) is 35.2 Å². The lowest BCUT2D eigenvalue weighted by atomic mass is 10.2. The quantitative estimate of drug-likeness (QED) is 0.453. The second kappa shape index (κ2) is 7.94. The van der Waals surface area contributed by atoms with Crippen LogP contribution in [-0.4, -0.2) is 26.2 Å². The molecule has 1 aliphatic heterocycles. The van der Waals surface area contributed by atoms with Gasteiger partial charge in [0.05, 0.1) is 16.3 Å². The number of nitrogens with one attached hydrogen (secondary N) is 1. The molecule has 0 aliphatic carbocycles. The third-order valence-corrected chi connectivity index (χ3v) is 7.36. The maximum Gasteiger partial charge on any atom is 0.254 e. The first kappa shape index (κ1) is 20.0. The topological polar surface area (TPSA) is 76.9 Å². The fourth-order valence-corrected chi connectivity index (χ4v) is 5.95. The number of rotatable bonds is 4. The van der Waals surface area contributed by atoms with Crippen molar-refractivity contribution >= 4 is 44.9 Å². The summed E-state index contributed by atoms with van der Waals surface area (Å²) in [4.78, 5) is 34.0. The van der Waals surface area contributed by atoms with E-state index >= 15 is 0 Å². The molecule has 2 aromatic heterocycles. The first-order chi connectivity index (χ1) is 15.0. The van der Waals surface area contributed by atoms with Gasteiger partial charge in [-0.3, -0.25) is 14.2 Å². The van der Waals surface area contributed by atoms with E-state index in [1.807, 2.05) is 37.3 Å². The van der Waals surface area contributed by atoms with Crippen LogP contribution in [0.5, 0.6) is 0 Å². The van der Waals surface area contributed by atoms with E-state index in [-0.39, 0.29) is 23.9 Å². The number of benzene rings is 2. The lowest BCUT2D eigenvalue weighted by Crippen LogP contribution is -2.27. The lowest BCUT2D eigenvalue weighted by Gasteiger charge is -2.13. The molecule has 8 heteroatoms. The van der Waals surface area contributed by atoms with Crippen molar-refractivity contribution in [1.82, 2.24) is 14.5 Å². The molecule has 2 aromatic carbocycles. The average Bonchev–Trinajstić information content (AvgIpc) is 3.32. The molecule has 1 atom stereocenters. The number of hydrogen-bond acceptors (Lipinski definition) is 6. The number of nitrogens with zero attached hydrogens (tertiary/aromatic N) is 3. The van der Waals surface area contributed by atoms with Crippen LogP contribution in [0.4, 0.5) is 5.69 Å². The summed E-state index contributed by atoms with van der Waals surface area (Å²) in [7, 11) is 0. The summed E-state index contributed by atoms with van der Waals surface area (Å²) in [5, 5.41) is 4.59. The highest BCUT2D eigenvalue weighted by Crippen LogP contribution is 2.33. The van der Waals surface area contributed by atoms with Gasteiger partial charge in [0.2, 0.25) is 5.91 Å². The maximum absolute atomic E-state index is 12.6. The van der Waals surface area contributed by atoms with Gasteiger partial charge < -0.3 is 5.32 Å². The van der Waals surface area contributed by atoms with Gasteiger partial charge >= 0.3 is 0 Å². The van der Waals surface area contributed by atoms with Crippen molar-refractivity contribution in [2.45, 2.75) is 31.5 Å². The predicted octanol–water partition coefficient (Wildman–Crippen LogP) is 4.81. The van der Waals surface area contributed by atoms with Gasteiger partial charge in [0.15, 0.2) is 5.16 Å². The summed E-state index contributed by atoms with van der Waals surface area (Å²) >= 11 is 3.18. The standard InChI is InChI=1S/C23H20N4O2S2/c1-13-3-8-18-19(9-13)31-22(26-18)15-4-6-16(7-5-15)25-20(28)11-17-12-30-23-24-14(2)10-21(29)27(17)23/h3-10,17H,11-12H2,1-2H3,(H,25,28)/t17-/m0/s1. The minimum Gasteiger partial charge on any atom is -0.326 e. The first-order valence-corrected chi connectivity index (χ1v) is 11.8. The molecule has 31 heavy (non-hydrogen) atoms.